The lowest BCUT2D eigenvalue weighted by Crippen LogP contribution is -2.17. The molecule has 19 heavy (non-hydrogen) atoms. The number of hydrogen-bond acceptors (Lipinski definition) is 4. The Morgan fingerprint density at radius 3 is 2.95 bits per heavy atom. The fraction of sp³-hybridized carbons (Fsp3) is 0.357. The molecule has 0 aliphatic rings. The standard InChI is InChI=1S/C14H17NO4/c1-18-8-4-7-15-9-12-13(14(16)17)10-5-2-3-6-11(10)19-12/h2-3,5-6,15H,4,7-9H2,1H3,(H,16,17). The molecule has 5 nitrogen and oxygen atoms in total. The van der Waals surface area contributed by atoms with Crippen molar-refractivity contribution >= 4 is 16.9 Å². The van der Waals surface area contributed by atoms with Crippen LogP contribution in [0.2, 0.25) is 0 Å². The van der Waals surface area contributed by atoms with Gasteiger partial charge in [-0.1, -0.05) is 18.2 Å². The Labute approximate surface area is 111 Å². The van der Waals surface area contributed by atoms with E-state index in [1.165, 1.54) is 0 Å². The number of methoxy groups -OCH3 is 1. The van der Waals surface area contributed by atoms with Gasteiger partial charge in [-0.3, -0.25) is 0 Å². The van der Waals surface area contributed by atoms with Gasteiger partial charge < -0.3 is 19.6 Å². The van der Waals surface area contributed by atoms with E-state index in [0.29, 0.717) is 29.9 Å². The predicted molar refractivity (Wildman–Crippen MR) is 71.4 cm³/mol. The number of ether oxygens (including phenoxy) is 1. The van der Waals surface area contributed by atoms with E-state index in [1.807, 2.05) is 6.07 Å². The Morgan fingerprint density at radius 1 is 1.42 bits per heavy atom. The zero-order chi connectivity index (χ0) is 13.7. The highest BCUT2D eigenvalue weighted by atomic mass is 16.5. The smallest absolute Gasteiger partial charge is 0.339 e. The minimum atomic E-state index is -0.960. The van der Waals surface area contributed by atoms with Crippen molar-refractivity contribution in [2.75, 3.05) is 20.3 Å². The monoisotopic (exact) mass is 263 g/mol. The topological polar surface area (TPSA) is 71.7 Å². The van der Waals surface area contributed by atoms with Crippen LogP contribution in [0.4, 0.5) is 0 Å². The van der Waals surface area contributed by atoms with Gasteiger partial charge in [0.15, 0.2) is 0 Å². The lowest BCUT2D eigenvalue weighted by molar-refractivity contribution is 0.0696. The molecule has 2 aromatic rings. The average molecular weight is 263 g/mol. The summed E-state index contributed by atoms with van der Waals surface area (Å²) in [4.78, 5) is 11.3. The SMILES string of the molecule is COCCCNCc1oc2ccccc2c1C(=O)O. The van der Waals surface area contributed by atoms with Crippen molar-refractivity contribution in [1.29, 1.82) is 0 Å². The lowest BCUT2D eigenvalue weighted by atomic mass is 10.1. The molecule has 5 heteroatoms. The highest BCUT2D eigenvalue weighted by Crippen LogP contribution is 2.25. The van der Waals surface area contributed by atoms with Gasteiger partial charge in [-0.25, -0.2) is 4.79 Å². The van der Waals surface area contributed by atoms with Crippen molar-refractivity contribution in [1.82, 2.24) is 5.32 Å². The van der Waals surface area contributed by atoms with E-state index >= 15 is 0 Å². The highest BCUT2D eigenvalue weighted by Gasteiger charge is 2.19. The molecule has 0 amide bonds. The molecule has 0 radical (unpaired) electrons. The van der Waals surface area contributed by atoms with Crippen molar-refractivity contribution < 1.29 is 19.1 Å². The van der Waals surface area contributed by atoms with E-state index in [4.69, 9.17) is 9.15 Å². The van der Waals surface area contributed by atoms with Crippen LogP contribution in [0, 0.1) is 0 Å². The van der Waals surface area contributed by atoms with Gasteiger partial charge in [-0.2, -0.15) is 0 Å². The first kappa shape index (κ1) is 13.6. The number of para-hydroxylation sites is 1. The summed E-state index contributed by atoms with van der Waals surface area (Å²) in [5, 5.41) is 13.1. The molecule has 0 saturated heterocycles. The van der Waals surface area contributed by atoms with Gasteiger partial charge in [-0.15, -0.1) is 0 Å². The first-order chi connectivity index (χ1) is 9.24. The van der Waals surface area contributed by atoms with E-state index in [2.05, 4.69) is 5.32 Å². The third-order valence-corrected chi connectivity index (χ3v) is 2.87. The first-order valence-electron chi connectivity index (χ1n) is 6.17. The van der Waals surface area contributed by atoms with Crippen molar-refractivity contribution in [3.8, 4) is 0 Å². The maximum Gasteiger partial charge on any atom is 0.339 e. The largest absolute Gasteiger partial charge is 0.478 e. The fourth-order valence-corrected chi connectivity index (χ4v) is 2.00. The maximum absolute atomic E-state index is 11.3. The maximum atomic E-state index is 11.3. The van der Waals surface area contributed by atoms with Crippen LogP contribution in [0.1, 0.15) is 22.5 Å². The van der Waals surface area contributed by atoms with Crippen molar-refractivity contribution in [2.24, 2.45) is 0 Å². The van der Waals surface area contributed by atoms with Crippen molar-refractivity contribution in [2.45, 2.75) is 13.0 Å². The zero-order valence-corrected chi connectivity index (χ0v) is 10.8. The molecule has 1 aromatic carbocycles. The Kier molecular flexibility index (Phi) is 4.54. The lowest BCUT2D eigenvalue weighted by Gasteiger charge is -2.03. The summed E-state index contributed by atoms with van der Waals surface area (Å²) in [5.74, 6) is -0.496. The number of hydrogen-bond donors (Lipinski definition) is 2. The second-order valence-corrected chi connectivity index (χ2v) is 4.22. The molecule has 2 rings (SSSR count). The zero-order valence-electron chi connectivity index (χ0n) is 10.8. The van der Waals surface area contributed by atoms with E-state index in [-0.39, 0.29) is 5.56 Å². The van der Waals surface area contributed by atoms with Crippen molar-refractivity contribution in [3.63, 3.8) is 0 Å². The van der Waals surface area contributed by atoms with Gasteiger partial charge >= 0.3 is 5.97 Å². The summed E-state index contributed by atoms with van der Waals surface area (Å²) in [6.45, 7) is 1.84. The number of rotatable bonds is 7. The van der Waals surface area contributed by atoms with Crippen LogP contribution in [0.25, 0.3) is 11.0 Å². The molecule has 0 unspecified atom stereocenters. The number of carbonyl (C=O) groups is 1. The Balaban J connectivity index is 2.13. The molecule has 0 aliphatic heterocycles. The van der Waals surface area contributed by atoms with E-state index in [1.54, 1.807) is 25.3 Å². The predicted octanol–water partition coefficient (Wildman–Crippen LogP) is 2.26. The van der Waals surface area contributed by atoms with Gasteiger partial charge in [0, 0.05) is 19.1 Å². The molecule has 102 valence electrons. The van der Waals surface area contributed by atoms with Crippen LogP contribution in [-0.4, -0.2) is 31.3 Å². The minimum Gasteiger partial charge on any atom is -0.478 e. The fourth-order valence-electron chi connectivity index (χ4n) is 2.00. The number of carboxylic acids is 1. The Bertz CT molecular complexity index is 562. The van der Waals surface area contributed by atoms with Gasteiger partial charge in [0.1, 0.15) is 16.9 Å². The molecule has 0 atom stereocenters. The molecular formula is C14H17NO4. The molecule has 0 saturated carbocycles. The second kappa shape index (κ2) is 6.36. The second-order valence-electron chi connectivity index (χ2n) is 4.22. The molecule has 1 aromatic heterocycles. The molecule has 0 fully saturated rings. The number of carboxylic acid groups (broad SMARTS) is 1. The van der Waals surface area contributed by atoms with Crippen LogP contribution >= 0.6 is 0 Å². The summed E-state index contributed by atoms with van der Waals surface area (Å²) in [5.41, 5.74) is 0.850. The first-order valence-corrected chi connectivity index (χ1v) is 6.17. The van der Waals surface area contributed by atoms with Crippen molar-refractivity contribution in [3.05, 3.63) is 35.6 Å². The van der Waals surface area contributed by atoms with Gasteiger partial charge in [-0.05, 0) is 19.0 Å². The van der Waals surface area contributed by atoms with E-state index < -0.39 is 5.97 Å². The summed E-state index contributed by atoms with van der Waals surface area (Å²) in [7, 11) is 1.65. The molecule has 1 heterocycles. The third kappa shape index (κ3) is 3.13. The molecule has 2 N–H and O–H groups in total. The van der Waals surface area contributed by atoms with E-state index in [9.17, 15) is 9.90 Å². The van der Waals surface area contributed by atoms with Crippen LogP contribution in [-0.2, 0) is 11.3 Å². The summed E-state index contributed by atoms with van der Waals surface area (Å²) < 4.78 is 10.5. The van der Waals surface area contributed by atoms with Crippen LogP contribution in [0.15, 0.2) is 28.7 Å². The van der Waals surface area contributed by atoms with E-state index in [0.717, 1.165) is 13.0 Å². The van der Waals surface area contributed by atoms with Gasteiger partial charge in [0.2, 0.25) is 0 Å². The molecule has 0 bridgehead atoms. The molecule has 0 spiro atoms. The average Bonchev–Trinajstić information content (AvgIpc) is 2.76. The van der Waals surface area contributed by atoms with Gasteiger partial charge in [0.05, 0.1) is 6.54 Å². The summed E-state index contributed by atoms with van der Waals surface area (Å²) in [6.07, 6.45) is 0.874. The summed E-state index contributed by atoms with van der Waals surface area (Å²) in [6, 6.07) is 7.17. The normalized spacial score (nSPS) is 11.0. The van der Waals surface area contributed by atoms with Crippen LogP contribution < -0.4 is 5.32 Å². The van der Waals surface area contributed by atoms with Crippen LogP contribution in [0.5, 0.6) is 0 Å². The number of nitrogens with one attached hydrogen (secondary N) is 1. The Morgan fingerprint density at radius 2 is 2.21 bits per heavy atom. The van der Waals surface area contributed by atoms with Gasteiger partial charge in [0.25, 0.3) is 0 Å². The number of fused-ring (bicyclic) bond motifs is 1. The Hall–Kier alpha value is -1.85. The number of aromatic carboxylic acids is 1. The minimum absolute atomic E-state index is 0.245. The number of furan rings is 1. The molecular weight excluding hydrogens is 246 g/mol. The molecule has 0 aliphatic carbocycles. The number of benzene rings is 1. The van der Waals surface area contributed by atoms with Crippen LogP contribution in [0.3, 0.4) is 0 Å². The third-order valence-electron chi connectivity index (χ3n) is 2.87. The summed E-state index contributed by atoms with van der Waals surface area (Å²) >= 11 is 0. The highest BCUT2D eigenvalue weighted by molar-refractivity contribution is 6.03. The quantitative estimate of drug-likeness (QED) is 0.750.